The smallest absolute Gasteiger partial charge is 0.222 e. The lowest BCUT2D eigenvalue weighted by Gasteiger charge is -2.33. The van der Waals surface area contributed by atoms with Crippen LogP contribution in [0.15, 0.2) is 16.9 Å². The summed E-state index contributed by atoms with van der Waals surface area (Å²) < 4.78 is 5.18. The number of anilines is 1. The van der Waals surface area contributed by atoms with Crippen molar-refractivity contribution in [1.82, 2.24) is 20.0 Å². The Kier molecular flexibility index (Phi) is 5.85. The number of amides is 1. The van der Waals surface area contributed by atoms with Crippen LogP contribution in [0.2, 0.25) is 0 Å². The van der Waals surface area contributed by atoms with Crippen molar-refractivity contribution in [2.75, 3.05) is 25.5 Å². The third-order valence-corrected chi connectivity index (χ3v) is 5.13. The van der Waals surface area contributed by atoms with Gasteiger partial charge in [0.2, 0.25) is 5.91 Å². The Hall–Kier alpha value is -2.44. The normalized spacial score (nSPS) is 17.3. The van der Waals surface area contributed by atoms with E-state index in [9.17, 15) is 4.79 Å². The third-order valence-electron chi connectivity index (χ3n) is 5.13. The molecule has 0 saturated carbocycles. The van der Waals surface area contributed by atoms with Crippen molar-refractivity contribution < 1.29 is 9.32 Å². The number of carbonyl (C=O) groups is 1. The number of hydrogen-bond donors (Lipinski definition) is 1. The van der Waals surface area contributed by atoms with Gasteiger partial charge in [0.1, 0.15) is 11.6 Å². The van der Waals surface area contributed by atoms with E-state index >= 15 is 0 Å². The second-order valence-corrected chi connectivity index (χ2v) is 6.96. The van der Waals surface area contributed by atoms with Crippen LogP contribution in [0.4, 0.5) is 5.82 Å². The summed E-state index contributed by atoms with van der Waals surface area (Å²) in [5.74, 6) is 2.28. The van der Waals surface area contributed by atoms with E-state index in [1.54, 1.807) is 12.4 Å². The number of nitrogens with zero attached hydrogens (tertiary/aromatic N) is 4. The Morgan fingerprint density at radius 2 is 2.15 bits per heavy atom. The number of aromatic nitrogens is 3. The molecule has 0 aromatic carbocycles. The number of aryl methyl sites for hydroxylation is 2. The van der Waals surface area contributed by atoms with Crippen molar-refractivity contribution in [3.05, 3.63) is 35.1 Å². The lowest BCUT2D eigenvalue weighted by molar-refractivity contribution is -0.133. The molecule has 7 heteroatoms. The van der Waals surface area contributed by atoms with Crippen LogP contribution in [-0.4, -0.2) is 46.1 Å². The van der Waals surface area contributed by atoms with Gasteiger partial charge in [0, 0.05) is 44.5 Å². The summed E-state index contributed by atoms with van der Waals surface area (Å²) >= 11 is 0. The summed E-state index contributed by atoms with van der Waals surface area (Å²) in [4.78, 5) is 23.5. The molecule has 1 amide bonds. The molecule has 3 rings (SSSR count). The molecule has 1 saturated heterocycles. The molecule has 1 atom stereocenters. The summed E-state index contributed by atoms with van der Waals surface area (Å²) in [6.45, 7) is 5.46. The molecule has 0 radical (unpaired) electrons. The maximum absolute atomic E-state index is 12.7. The van der Waals surface area contributed by atoms with E-state index in [-0.39, 0.29) is 5.91 Å². The van der Waals surface area contributed by atoms with Gasteiger partial charge in [-0.15, -0.1) is 0 Å². The van der Waals surface area contributed by atoms with Crippen LogP contribution in [0.3, 0.4) is 0 Å². The average Bonchev–Trinajstić information content (AvgIpc) is 2.98. The SMILES string of the molecule is CNc1nccnc1C[C@@H]1CCCN(C(=O)CCc2c(C)noc2C)C1. The highest BCUT2D eigenvalue weighted by molar-refractivity contribution is 5.76. The summed E-state index contributed by atoms with van der Waals surface area (Å²) in [5.41, 5.74) is 2.92. The number of hydrogen-bond acceptors (Lipinski definition) is 6. The largest absolute Gasteiger partial charge is 0.372 e. The molecule has 0 spiro atoms. The molecule has 1 aliphatic rings. The number of nitrogens with one attached hydrogen (secondary N) is 1. The van der Waals surface area contributed by atoms with Gasteiger partial charge in [-0.3, -0.25) is 9.78 Å². The highest BCUT2D eigenvalue weighted by Gasteiger charge is 2.25. The monoisotopic (exact) mass is 357 g/mol. The van der Waals surface area contributed by atoms with Gasteiger partial charge >= 0.3 is 0 Å². The zero-order valence-electron chi connectivity index (χ0n) is 15.8. The van der Waals surface area contributed by atoms with Crippen LogP contribution < -0.4 is 5.32 Å². The average molecular weight is 357 g/mol. The summed E-state index contributed by atoms with van der Waals surface area (Å²) in [5, 5.41) is 7.06. The van der Waals surface area contributed by atoms with Crippen molar-refractivity contribution in [3.8, 4) is 0 Å². The van der Waals surface area contributed by atoms with E-state index in [2.05, 4.69) is 20.4 Å². The van der Waals surface area contributed by atoms with Crippen molar-refractivity contribution in [2.45, 2.75) is 46.0 Å². The maximum Gasteiger partial charge on any atom is 0.222 e. The summed E-state index contributed by atoms with van der Waals surface area (Å²) in [6.07, 6.45) is 7.62. The molecule has 2 aromatic rings. The minimum Gasteiger partial charge on any atom is -0.372 e. The molecule has 0 bridgehead atoms. The first-order chi connectivity index (χ1) is 12.6. The van der Waals surface area contributed by atoms with Crippen molar-refractivity contribution in [2.24, 2.45) is 5.92 Å². The summed E-state index contributed by atoms with van der Waals surface area (Å²) in [6, 6.07) is 0. The summed E-state index contributed by atoms with van der Waals surface area (Å²) in [7, 11) is 1.86. The topological polar surface area (TPSA) is 84.2 Å². The Labute approximate surface area is 154 Å². The fourth-order valence-electron chi connectivity index (χ4n) is 3.71. The van der Waals surface area contributed by atoms with Gasteiger partial charge in [-0.05, 0) is 45.4 Å². The predicted octanol–water partition coefficient (Wildman–Crippen LogP) is 2.54. The standard InChI is InChI=1S/C19H27N5O2/c1-13-16(14(2)26-23-13)6-7-18(25)24-10-4-5-15(12-24)11-17-19(20-3)22-9-8-21-17/h8-9,15H,4-7,10-12H2,1-3H3,(H,20,22)/t15-/m0/s1. The van der Waals surface area contributed by atoms with Gasteiger partial charge in [-0.25, -0.2) is 4.98 Å². The molecular weight excluding hydrogens is 330 g/mol. The van der Waals surface area contributed by atoms with Crippen LogP contribution in [0, 0.1) is 19.8 Å². The highest BCUT2D eigenvalue weighted by atomic mass is 16.5. The molecule has 7 nitrogen and oxygen atoms in total. The van der Waals surface area contributed by atoms with Crippen molar-refractivity contribution in [1.29, 1.82) is 0 Å². The van der Waals surface area contributed by atoms with Gasteiger partial charge < -0.3 is 14.7 Å². The van der Waals surface area contributed by atoms with E-state index in [0.717, 1.165) is 60.9 Å². The molecule has 1 aliphatic heterocycles. The molecule has 0 unspecified atom stereocenters. The lowest BCUT2D eigenvalue weighted by atomic mass is 9.92. The van der Waals surface area contributed by atoms with Crippen LogP contribution in [0.25, 0.3) is 0 Å². The Morgan fingerprint density at radius 1 is 1.35 bits per heavy atom. The van der Waals surface area contributed by atoms with E-state index in [4.69, 9.17) is 4.52 Å². The molecule has 0 aliphatic carbocycles. The van der Waals surface area contributed by atoms with Crippen LogP contribution in [0.1, 0.15) is 42.0 Å². The predicted molar refractivity (Wildman–Crippen MR) is 98.9 cm³/mol. The van der Waals surface area contributed by atoms with Gasteiger partial charge in [0.05, 0.1) is 11.4 Å². The van der Waals surface area contributed by atoms with Crippen molar-refractivity contribution in [3.63, 3.8) is 0 Å². The molecule has 26 heavy (non-hydrogen) atoms. The minimum absolute atomic E-state index is 0.211. The molecular formula is C19H27N5O2. The fourth-order valence-corrected chi connectivity index (χ4v) is 3.71. The molecule has 3 heterocycles. The number of carbonyl (C=O) groups excluding carboxylic acids is 1. The Morgan fingerprint density at radius 3 is 2.88 bits per heavy atom. The van der Waals surface area contributed by atoms with Gasteiger partial charge in [-0.2, -0.15) is 0 Å². The van der Waals surface area contributed by atoms with E-state index in [0.29, 0.717) is 18.8 Å². The fraction of sp³-hybridized carbons (Fsp3) is 0.579. The van der Waals surface area contributed by atoms with E-state index in [1.165, 1.54) is 0 Å². The number of likely N-dealkylation sites (tertiary alicyclic amines) is 1. The zero-order chi connectivity index (χ0) is 18.5. The van der Waals surface area contributed by atoms with Crippen LogP contribution >= 0.6 is 0 Å². The third kappa shape index (κ3) is 4.20. The van der Waals surface area contributed by atoms with Crippen LogP contribution in [-0.2, 0) is 17.6 Å². The van der Waals surface area contributed by atoms with E-state index < -0.39 is 0 Å². The van der Waals surface area contributed by atoms with Gasteiger partial charge in [0.15, 0.2) is 0 Å². The number of rotatable bonds is 6. The Bertz CT molecular complexity index is 739. The number of piperidine rings is 1. The molecule has 2 aromatic heterocycles. The maximum atomic E-state index is 12.7. The quantitative estimate of drug-likeness (QED) is 0.855. The highest BCUT2D eigenvalue weighted by Crippen LogP contribution is 2.23. The van der Waals surface area contributed by atoms with E-state index in [1.807, 2.05) is 25.8 Å². The molecule has 1 N–H and O–H groups in total. The first-order valence-electron chi connectivity index (χ1n) is 9.25. The first kappa shape index (κ1) is 18.4. The lowest BCUT2D eigenvalue weighted by Crippen LogP contribution is -2.40. The van der Waals surface area contributed by atoms with Crippen molar-refractivity contribution >= 4 is 11.7 Å². The Balaban J connectivity index is 1.56. The first-order valence-corrected chi connectivity index (χ1v) is 9.25. The van der Waals surface area contributed by atoms with Gasteiger partial charge in [0.25, 0.3) is 0 Å². The molecule has 140 valence electrons. The van der Waals surface area contributed by atoms with Crippen LogP contribution in [0.5, 0.6) is 0 Å². The molecule has 1 fully saturated rings. The minimum atomic E-state index is 0.211. The second kappa shape index (κ2) is 8.29. The van der Waals surface area contributed by atoms with Gasteiger partial charge in [-0.1, -0.05) is 5.16 Å². The zero-order valence-corrected chi connectivity index (χ0v) is 15.8. The second-order valence-electron chi connectivity index (χ2n) is 6.96.